The summed E-state index contributed by atoms with van der Waals surface area (Å²) in [6, 6.07) is -0.492. The van der Waals surface area contributed by atoms with Crippen LogP contribution in [0.4, 0.5) is 4.79 Å². The van der Waals surface area contributed by atoms with E-state index in [1.165, 1.54) is 6.42 Å². The Hall–Kier alpha value is -1.26. The van der Waals surface area contributed by atoms with E-state index in [0.717, 1.165) is 12.8 Å². The minimum atomic E-state index is -0.519. The molecule has 5 heteroatoms. The first kappa shape index (κ1) is 13.8. The highest BCUT2D eigenvalue weighted by Gasteiger charge is 2.23. The summed E-state index contributed by atoms with van der Waals surface area (Å²) in [7, 11) is 0. The zero-order chi connectivity index (χ0) is 13.1. The molecule has 0 radical (unpaired) electrons. The number of hydrogen-bond donors (Lipinski definition) is 3. The summed E-state index contributed by atoms with van der Waals surface area (Å²) in [6.45, 7) is 7.41. The molecule has 3 amide bonds. The number of hydrogen-bond acceptors (Lipinski definition) is 2. The van der Waals surface area contributed by atoms with Gasteiger partial charge in [0.05, 0.1) is 0 Å². The van der Waals surface area contributed by atoms with Crippen molar-refractivity contribution in [3.8, 4) is 0 Å². The number of carbonyl (C=O) groups is 2. The van der Waals surface area contributed by atoms with Crippen LogP contribution >= 0.6 is 0 Å². The molecule has 1 aliphatic carbocycles. The molecule has 1 unspecified atom stereocenters. The summed E-state index contributed by atoms with van der Waals surface area (Å²) in [5, 5.41) is 8.30. The minimum Gasteiger partial charge on any atom is -0.350 e. The lowest BCUT2D eigenvalue weighted by Crippen LogP contribution is -2.54. The third kappa shape index (κ3) is 5.06. The summed E-state index contributed by atoms with van der Waals surface area (Å²) >= 11 is 0. The largest absolute Gasteiger partial charge is 0.350 e. The summed E-state index contributed by atoms with van der Waals surface area (Å²) in [5.74, 6) is -0.166. The smallest absolute Gasteiger partial charge is 0.315 e. The predicted octanol–water partition coefficient (Wildman–Crippen LogP) is 1.14. The van der Waals surface area contributed by atoms with Crippen LogP contribution in [0.15, 0.2) is 0 Å². The molecule has 0 saturated heterocycles. The Labute approximate surface area is 103 Å². The lowest BCUT2D eigenvalue weighted by atomic mass is 9.93. The van der Waals surface area contributed by atoms with Crippen LogP contribution in [0.25, 0.3) is 0 Å². The molecule has 1 rings (SSSR count). The molecule has 1 fully saturated rings. The summed E-state index contributed by atoms with van der Waals surface area (Å²) in [5.41, 5.74) is -0.280. The van der Waals surface area contributed by atoms with Gasteiger partial charge in [0.15, 0.2) is 0 Å². The third-order valence-electron chi connectivity index (χ3n) is 2.68. The SMILES string of the molecule is CC(NC(=O)NC1CCC1)C(=O)NC(C)(C)C. The van der Waals surface area contributed by atoms with Gasteiger partial charge in [0.1, 0.15) is 6.04 Å². The van der Waals surface area contributed by atoms with Crippen LogP contribution < -0.4 is 16.0 Å². The van der Waals surface area contributed by atoms with Crippen molar-refractivity contribution in [1.82, 2.24) is 16.0 Å². The van der Waals surface area contributed by atoms with Crippen LogP contribution in [0.5, 0.6) is 0 Å². The molecular formula is C12H23N3O2. The van der Waals surface area contributed by atoms with Crippen molar-refractivity contribution in [1.29, 1.82) is 0 Å². The zero-order valence-corrected chi connectivity index (χ0v) is 11.1. The van der Waals surface area contributed by atoms with Gasteiger partial charge in [-0.15, -0.1) is 0 Å². The molecule has 1 aliphatic rings. The summed E-state index contributed by atoms with van der Waals surface area (Å²) in [6.07, 6.45) is 3.25. The molecule has 1 atom stereocenters. The lowest BCUT2D eigenvalue weighted by Gasteiger charge is -2.28. The topological polar surface area (TPSA) is 70.2 Å². The van der Waals surface area contributed by atoms with Crippen molar-refractivity contribution in [3.05, 3.63) is 0 Å². The molecule has 0 bridgehead atoms. The van der Waals surface area contributed by atoms with E-state index in [9.17, 15) is 9.59 Å². The van der Waals surface area contributed by atoms with E-state index in [0.29, 0.717) is 0 Å². The zero-order valence-electron chi connectivity index (χ0n) is 11.1. The molecule has 98 valence electrons. The van der Waals surface area contributed by atoms with Crippen LogP contribution in [0.2, 0.25) is 0 Å². The van der Waals surface area contributed by atoms with Gasteiger partial charge in [-0.05, 0) is 47.0 Å². The molecule has 0 spiro atoms. The normalized spacial score (nSPS) is 17.9. The molecule has 3 N–H and O–H groups in total. The highest BCUT2D eigenvalue weighted by atomic mass is 16.2. The van der Waals surface area contributed by atoms with Gasteiger partial charge in [-0.3, -0.25) is 4.79 Å². The van der Waals surface area contributed by atoms with Gasteiger partial charge in [0.25, 0.3) is 0 Å². The molecule has 5 nitrogen and oxygen atoms in total. The van der Waals surface area contributed by atoms with Gasteiger partial charge in [0.2, 0.25) is 5.91 Å². The highest BCUT2D eigenvalue weighted by molar-refractivity contribution is 5.87. The number of nitrogens with one attached hydrogen (secondary N) is 3. The van der Waals surface area contributed by atoms with Crippen molar-refractivity contribution in [2.45, 2.75) is 64.6 Å². The first-order valence-corrected chi connectivity index (χ1v) is 6.17. The van der Waals surface area contributed by atoms with Crippen molar-refractivity contribution in [2.75, 3.05) is 0 Å². The Morgan fingerprint density at radius 1 is 1.24 bits per heavy atom. The second-order valence-corrected chi connectivity index (χ2v) is 5.71. The average molecular weight is 241 g/mol. The molecule has 17 heavy (non-hydrogen) atoms. The molecule has 0 aromatic heterocycles. The third-order valence-corrected chi connectivity index (χ3v) is 2.68. The van der Waals surface area contributed by atoms with E-state index in [1.807, 2.05) is 20.8 Å². The molecule has 0 aliphatic heterocycles. The monoisotopic (exact) mass is 241 g/mol. The van der Waals surface area contributed by atoms with Gasteiger partial charge in [0, 0.05) is 11.6 Å². The van der Waals surface area contributed by atoms with Gasteiger partial charge in [-0.25, -0.2) is 4.79 Å². The average Bonchev–Trinajstić information content (AvgIpc) is 2.08. The maximum absolute atomic E-state index is 11.7. The van der Waals surface area contributed by atoms with E-state index >= 15 is 0 Å². The number of amides is 3. The van der Waals surface area contributed by atoms with Gasteiger partial charge in [-0.1, -0.05) is 0 Å². The van der Waals surface area contributed by atoms with Crippen LogP contribution in [0.1, 0.15) is 47.0 Å². The van der Waals surface area contributed by atoms with Crippen molar-refractivity contribution >= 4 is 11.9 Å². The second kappa shape index (κ2) is 5.38. The second-order valence-electron chi connectivity index (χ2n) is 5.71. The fourth-order valence-corrected chi connectivity index (χ4v) is 1.52. The van der Waals surface area contributed by atoms with E-state index in [2.05, 4.69) is 16.0 Å². The number of carbonyl (C=O) groups excluding carboxylic acids is 2. The Bertz CT molecular complexity index is 293. The van der Waals surface area contributed by atoms with Gasteiger partial charge in [-0.2, -0.15) is 0 Å². The van der Waals surface area contributed by atoms with Crippen molar-refractivity contribution < 1.29 is 9.59 Å². The predicted molar refractivity (Wildman–Crippen MR) is 66.7 cm³/mol. The Morgan fingerprint density at radius 3 is 2.24 bits per heavy atom. The van der Waals surface area contributed by atoms with Crippen molar-refractivity contribution in [2.24, 2.45) is 0 Å². The summed E-state index contributed by atoms with van der Waals surface area (Å²) < 4.78 is 0. The van der Waals surface area contributed by atoms with Gasteiger partial charge < -0.3 is 16.0 Å². The number of urea groups is 1. The fourth-order valence-electron chi connectivity index (χ4n) is 1.52. The van der Waals surface area contributed by atoms with Gasteiger partial charge >= 0.3 is 6.03 Å². The van der Waals surface area contributed by atoms with E-state index in [-0.39, 0.29) is 23.5 Å². The first-order chi connectivity index (χ1) is 7.78. The fraction of sp³-hybridized carbons (Fsp3) is 0.833. The van der Waals surface area contributed by atoms with E-state index < -0.39 is 6.04 Å². The molecule has 0 aromatic carbocycles. The van der Waals surface area contributed by atoms with Crippen LogP contribution in [0.3, 0.4) is 0 Å². The first-order valence-electron chi connectivity index (χ1n) is 6.17. The quantitative estimate of drug-likeness (QED) is 0.693. The van der Waals surface area contributed by atoms with Crippen LogP contribution in [-0.2, 0) is 4.79 Å². The molecule has 0 heterocycles. The van der Waals surface area contributed by atoms with Crippen LogP contribution in [-0.4, -0.2) is 29.6 Å². The maximum atomic E-state index is 11.7. The van der Waals surface area contributed by atoms with E-state index in [1.54, 1.807) is 6.92 Å². The maximum Gasteiger partial charge on any atom is 0.315 e. The Morgan fingerprint density at radius 2 is 1.82 bits per heavy atom. The Balaban J connectivity index is 2.29. The van der Waals surface area contributed by atoms with Crippen molar-refractivity contribution in [3.63, 3.8) is 0 Å². The number of rotatable bonds is 3. The molecular weight excluding hydrogens is 218 g/mol. The standard InChI is InChI=1S/C12H23N3O2/c1-8(10(16)15-12(2,3)4)13-11(17)14-9-6-5-7-9/h8-9H,5-7H2,1-4H3,(H,15,16)(H2,13,14,17). The molecule has 0 aromatic rings. The van der Waals surface area contributed by atoms with Crippen LogP contribution in [0, 0.1) is 0 Å². The molecule has 1 saturated carbocycles. The minimum absolute atomic E-state index is 0.166. The summed E-state index contributed by atoms with van der Waals surface area (Å²) in [4.78, 5) is 23.2. The highest BCUT2D eigenvalue weighted by Crippen LogP contribution is 2.17. The van der Waals surface area contributed by atoms with E-state index in [4.69, 9.17) is 0 Å². The lowest BCUT2D eigenvalue weighted by molar-refractivity contribution is -0.123. The Kier molecular flexibility index (Phi) is 4.37.